The predicted molar refractivity (Wildman–Crippen MR) is 148 cm³/mol. The number of H-pyrrole nitrogens is 1. The maximum Gasteiger partial charge on any atom is 0.272 e. The fraction of sp³-hybridized carbons (Fsp3) is 0.323. The number of aromatic amines is 1. The van der Waals surface area contributed by atoms with Crippen LogP contribution in [-0.2, 0) is 13.0 Å². The van der Waals surface area contributed by atoms with Crippen molar-refractivity contribution in [3.63, 3.8) is 0 Å². The van der Waals surface area contributed by atoms with E-state index in [1.807, 2.05) is 43.0 Å². The number of aromatic nitrogens is 2. The quantitative estimate of drug-likeness (QED) is 0.414. The molecule has 1 aromatic heterocycles. The first-order valence-electron chi connectivity index (χ1n) is 13.4. The molecule has 0 radical (unpaired) electrons. The zero-order chi connectivity index (χ0) is 26.6. The summed E-state index contributed by atoms with van der Waals surface area (Å²) in [6.45, 7) is 8.15. The molecule has 2 aliphatic rings. The number of likely N-dealkylation sites (tertiary alicyclic amines) is 2. The highest BCUT2D eigenvalue weighted by atomic mass is 19.1. The molecule has 0 aliphatic carbocycles. The van der Waals surface area contributed by atoms with Gasteiger partial charge in [-0.1, -0.05) is 68.4 Å². The zero-order valence-corrected chi connectivity index (χ0v) is 21.9. The molecule has 2 fully saturated rings. The lowest BCUT2D eigenvalue weighted by Crippen LogP contribution is -2.33. The molecule has 0 spiro atoms. The van der Waals surface area contributed by atoms with Crippen molar-refractivity contribution in [1.82, 2.24) is 20.0 Å². The van der Waals surface area contributed by atoms with Gasteiger partial charge in [0.05, 0.1) is 16.6 Å². The number of rotatable bonds is 5. The third-order valence-electron chi connectivity index (χ3n) is 7.51. The van der Waals surface area contributed by atoms with Gasteiger partial charge in [-0.15, -0.1) is 0 Å². The van der Waals surface area contributed by atoms with Crippen molar-refractivity contribution in [3.05, 3.63) is 111 Å². The monoisotopic (exact) mass is 512 g/mol. The summed E-state index contributed by atoms with van der Waals surface area (Å²) in [6.07, 6.45) is 0.386. The first-order chi connectivity index (χ1) is 18.5. The van der Waals surface area contributed by atoms with Crippen molar-refractivity contribution in [2.45, 2.75) is 26.8 Å². The van der Waals surface area contributed by atoms with E-state index in [-0.39, 0.29) is 17.0 Å². The average Bonchev–Trinajstić information content (AvgIpc) is 3.52. The second kappa shape index (κ2) is 11.3. The molecule has 6 rings (SSSR count). The molecule has 196 valence electrons. The van der Waals surface area contributed by atoms with E-state index in [0.29, 0.717) is 42.4 Å². The van der Waals surface area contributed by atoms with Gasteiger partial charge in [0.2, 0.25) is 0 Å². The van der Waals surface area contributed by atoms with Gasteiger partial charge >= 0.3 is 0 Å². The maximum absolute atomic E-state index is 14.8. The van der Waals surface area contributed by atoms with Crippen molar-refractivity contribution >= 4 is 16.7 Å². The van der Waals surface area contributed by atoms with E-state index in [1.165, 1.54) is 11.6 Å². The first kappa shape index (κ1) is 25.8. The van der Waals surface area contributed by atoms with Gasteiger partial charge in [0, 0.05) is 44.5 Å². The lowest BCUT2D eigenvalue weighted by atomic mass is 10.0. The van der Waals surface area contributed by atoms with Crippen molar-refractivity contribution in [1.29, 1.82) is 0 Å². The fourth-order valence-corrected chi connectivity index (χ4v) is 5.74. The van der Waals surface area contributed by atoms with Crippen LogP contribution in [-0.4, -0.2) is 52.1 Å². The van der Waals surface area contributed by atoms with Gasteiger partial charge in [0.1, 0.15) is 5.82 Å². The number of benzene rings is 3. The summed E-state index contributed by atoms with van der Waals surface area (Å²) in [6, 6.07) is 22.4. The van der Waals surface area contributed by atoms with E-state index in [2.05, 4.69) is 39.4 Å². The number of fused-ring (bicyclic) bond motifs is 2. The molecule has 6 nitrogen and oxygen atoms in total. The third-order valence-corrected chi connectivity index (χ3v) is 7.51. The second-order valence-corrected chi connectivity index (χ2v) is 9.95. The van der Waals surface area contributed by atoms with Gasteiger partial charge in [-0.05, 0) is 41.2 Å². The van der Waals surface area contributed by atoms with Crippen LogP contribution in [0.2, 0.25) is 0 Å². The standard InChI is InChI=1S/C29H27FN4O2.C2H6/c30-26-11-10-20(13-27-23-8-4-5-9-24(23)28(35)32-31-27)12-25(26)29(36)34-17-21-15-33(16-22(21)18-34)14-19-6-2-1-3-7-19;1-2/h1-12,21-22H,13-18H2,(H,32,35);1-2H3. The van der Waals surface area contributed by atoms with Crippen molar-refractivity contribution < 1.29 is 9.18 Å². The van der Waals surface area contributed by atoms with E-state index in [1.54, 1.807) is 18.2 Å². The first-order valence-corrected chi connectivity index (χ1v) is 13.4. The van der Waals surface area contributed by atoms with Crippen LogP contribution < -0.4 is 5.56 Å². The lowest BCUT2D eigenvalue weighted by Gasteiger charge is -2.22. The minimum atomic E-state index is -0.509. The van der Waals surface area contributed by atoms with Gasteiger partial charge in [-0.2, -0.15) is 5.10 Å². The van der Waals surface area contributed by atoms with Crippen molar-refractivity contribution in [3.8, 4) is 0 Å². The van der Waals surface area contributed by atoms with Crippen LogP contribution in [0.4, 0.5) is 4.39 Å². The molecular weight excluding hydrogens is 479 g/mol. The molecule has 3 heterocycles. The number of carbonyl (C=O) groups excluding carboxylic acids is 1. The Hall–Kier alpha value is -3.84. The van der Waals surface area contributed by atoms with Gasteiger partial charge in [-0.25, -0.2) is 9.49 Å². The van der Waals surface area contributed by atoms with Crippen LogP contribution >= 0.6 is 0 Å². The minimum Gasteiger partial charge on any atom is -0.338 e. The summed E-state index contributed by atoms with van der Waals surface area (Å²) < 4.78 is 14.8. The molecule has 2 atom stereocenters. The average molecular weight is 513 g/mol. The Kier molecular flexibility index (Phi) is 7.65. The highest BCUT2D eigenvalue weighted by Gasteiger charge is 2.42. The zero-order valence-electron chi connectivity index (χ0n) is 21.9. The predicted octanol–water partition coefficient (Wildman–Crippen LogP) is 4.88. The summed E-state index contributed by atoms with van der Waals surface area (Å²) in [4.78, 5) is 29.7. The van der Waals surface area contributed by atoms with Crippen LogP contribution in [0.15, 0.2) is 77.6 Å². The van der Waals surface area contributed by atoms with Gasteiger partial charge in [-0.3, -0.25) is 14.5 Å². The molecule has 2 unspecified atom stereocenters. The molecule has 0 saturated carbocycles. The number of carbonyl (C=O) groups is 1. The van der Waals surface area contributed by atoms with Crippen LogP contribution in [0.5, 0.6) is 0 Å². The lowest BCUT2D eigenvalue weighted by molar-refractivity contribution is 0.0768. The van der Waals surface area contributed by atoms with Gasteiger partial charge in [0.15, 0.2) is 0 Å². The normalized spacial score (nSPS) is 18.8. The Labute approximate surface area is 222 Å². The second-order valence-electron chi connectivity index (χ2n) is 9.95. The molecule has 1 amide bonds. The van der Waals surface area contributed by atoms with Crippen molar-refractivity contribution in [2.24, 2.45) is 11.8 Å². The van der Waals surface area contributed by atoms with Crippen LogP contribution in [0.25, 0.3) is 10.8 Å². The highest BCUT2D eigenvalue weighted by Crippen LogP contribution is 2.33. The van der Waals surface area contributed by atoms with Crippen LogP contribution in [0.1, 0.15) is 41.0 Å². The molecule has 0 bridgehead atoms. The number of nitrogens with one attached hydrogen (secondary N) is 1. The van der Waals surface area contributed by atoms with Gasteiger partial charge < -0.3 is 4.90 Å². The van der Waals surface area contributed by atoms with E-state index < -0.39 is 5.82 Å². The topological polar surface area (TPSA) is 69.3 Å². The summed E-state index contributed by atoms with van der Waals surface area (Å²) in [5.41, 5.74) is 2.62. The van der Waals surface area contributed by atoms with E-state index >= 15 is 0 Å². The summed E-state index contributed by atoms with van der Waals surface area (Å²) in [5.74, 6) is 0.0738. The summed E-state index contributed by atoms with van der Waals surface area (Å²) in [5, 5.41) is 8.08. The number of nitrogens with zero attached hydrogens (tertiary/aromatic N) is 3. The summed E-state index contributed by atoms with van der Waals surface area (Å²) in [7, 11) is 0. The highest BCUT2D eigenvalue weighted by molar-refractivity contribution is 5.95. The maximum atomic E-state index is 14.8. The molecule has 1 N–H and O–H groups in total. The SMILES string of the molecule is CC.O=C(c1cc(Cc2n[nH]c(=O)c3ccccc23)ccc1F)N1CC2CN(Cc3ccccc3)CC2C1. The molecule has 7 heteroatoms. The molecule has 4 aromatic rings. The Morgan fingerprint density at radius 3 is 2.26 bits per heavy atom. The number of halogens is 1. The van der Waals surface area contributed by atoms with Crippen LogP contribution in [0, 0.1) is 17.7 Å². The fourth-order valence-electron chi connectivity index (χ4n) is 5.74. The molecule has 2 saturated heterocycles. The van der Waals surface area contributed by atoms with Crippen LogP contribution in [0.3, 0.4) is 0 Å². The number of hydrogen-bond acceptors (Lipinski definition) is 4. The Morgan fingerprint density at radius 2 is 1.55 bits per heavy atom. The Morgan fingerprint density at radius 1 is 0.895 bits per heavy atom. The smallest absolute Gasteiger partial charge is 0.272 e. The largest absolute Gasteiger partial charge is 0.338 e. The van der Waals surface area contributed by atoms with E-state index in [0.717, 1.165) is 30.6 Å². The molecule has 3 aromatic carbocycles. The molecular formula is C31H33FN4O2. The Balaban J connectivity index is 0.00000144. The van der Waals surface area contributed by atoms with E-state index in [9.17, 15) is 14.0 Å². The van der Waals surface area contributed by atoms with Gasteiger partial charge in [0.25, 0.3) is 11.5 Å². The van der Waals surface area contributed by atoms with E-state index in [4.69, 9.17) is 0 Å². The summed E-state index contributed by atoms with van der Waals surface area (Å²) >= 11 is 0. The minimum absolute atomic E-state index is 0.0994. The van der Waals surface area contributed by atoms with Crippen molar-refractivity contribution in [2.75, 3.05) is 26.2 Å². The Bertz CT molecular complexity index is 1470. The molecule has 2 aliphatic heterocycles. The number of hydrogen-bond donors (Lipinski definition) is 1. The number of amides is 1. The third kappa shape index (κ3) is 5.24. The molecule has 38 heavy (non-hydrogen) atoms.